The number of benzene rings is 2. The summed E-state index contributed by atoms with van der Waals surface area (Å²) >= 11 is 0. The summed E-state index contributed by atoms with van der Waals surface area (Å²) in [4.78, 5) is 4.30. The summed E-state index contributed by atoms with van der Waals surface area (Å²) in [6.45, 7) is 0.214. The minimum Gasteiger partial charge on any atom is -0.305 e. The Balaban J connectivity index is 2.09. The number of halogens is 2. The molecule has 0 fully saturated rings. The zero-order valence-corrected chi connectivity index (χ0v) is 10.5. The van der Waals surface area contributed by atoms with E-state index in [2.05, 4.69) is 10.4 Å². The van der Waals surface area contributed by atoms with Crippen LogP contribution in [0.3, 0.4) is 0 Å². The molecule has 102 valence electrons. The van der Waals surface area contributed by atoms with E-state index in [1.54, 1.807) is 4.57 Å². The molecule has 0 atom stereocenters. The maximum atomic E-state index is 13.8. The maximum Gasteiger partial charge on any atom is 0.218 e. The first-order valence-corrected chi connectivity index (χ1v) is 6.05. The summed E-state index contributed by atoms with van der Waals surface area (Å²) in [5, 5.41) is 0. The third-order valence-corrected chi connectivity index (χ3v) is 3.13. The van der Waals surface area contributed by atoms with Crippen molar-refractivity contribution in [2.45, 2.75) is 6.54 Å². The van der Waals surface area contributed by atoms with Gasteiger partial charge in [0.15, 0.2) is 0 Å². The van der Waals surface area contributed by atoms with E-state index in [0.29, 0.717) is 11.5 Å². The number of fused-ring (bicyclic) bond motifs is 1. The Morgan fingerprint density at radius 3 is 2.70 bits per heavy atom. The van der Waals surface area contributed by atoms with Crippen molar-refractivity contribution in [1.29, 1.82) is 0 Å². The molecule has 20 heavy (non-hydrogen) atoms. The largest absolute Gasteiger partial charge is 0.305 e. The molecular weight excluding hydrogens is 262 g/mol. The fraction of sp³-hybridized carbons (Fsp3) is 0.0714. The highest BCUT2D eigenvalue weighted by molar-refractivity contribution is 5.78. The van der Waals surface area contributed by atoms with Gasteiger partial charge in [-0.25, -0.2) is 19.6 Å². The molecule has 0 saturated heterocycles. The normalized spacial score (nSPS) is 10.9. The number of nitrogens with one attached hydrogen (secondary N) is 1. The van der Waals surface area contributed by atoms with Crippen molar-refractivity contribution in [2.24, 2.45) is 5.84 Å². The molecule has 2 aromatic carbocycles. The van der Waals surface area contributed by atoms with Gasteiger partial charge in [-0.2, -0.15) is 0 Å². The highest BCUT2D eigenvalue weighted by Gasteiger charge is 2.12. The number of imidazole rings is 1. The lowest BCUT2D eigenvalue weighted by Crippen LogP contribution is -2.14. The molecule has 0 aliphatic heterocycles. The van der Waals surface area contributed by atoms with E-state index < -0.39 is 11.6 Å². The number of nitrogen functional groups attached to an aromatic ring is 1. The first-order valence-electron chi connectivity index (χ1n) is 6.05. The van der Waals surface area contributed by atoms with Crippen LogP contribution >= 0.6 is 0 Å². The molecule has 0 bridgehead atoms. The molecule has 0 amide bonds. The number of hydrogen-bond donors (Lipinski definition) is 2. The van der Waals surface area contributed by atoms with Crippen molar-refractivity contribution >= 4 is 17.0 Å². The van der Waals surface area contributed by atoms with Gasteiger partial charge in [-0.3, -0.25) is 5.43 Å². The van der Waals surface area contributed by atoms with Crippen molar-refractivity contribution in [3.63, 3.8) is 0 Å². The fourth-order valence-electron chi connectivity index (χ4n) is 2.17. The van der Waals surface area contributed by atoms with Gasteiger partial charge in [-0.1, -0.05) is 18.2 Å². The Kier molecular flexibility index (Phi) is 3.08. The average molecular weight is 274 g/mol. The smallest absolute Gasteiger partial charge is 0.218 e. The summed E-state index contributed by atoms with van der Waals surface area (Å²) in [6, 6.07) is 10.9. The van der Waals surface area contributed by atoms with Crippen molar-refractivity contribution in [3.05, 3.63) is 59.7 Å². The topological polar surface area (TPSA) is 55.9 Å². The summed E-state index contributed by atoms with van der Waals surface area (Å²) in [6.07, 6.45) is 0. The zero-order chi connectivity index (χ0) is 14.1. The summed E-state index contributed by atoms with van der Waals surface area (Å²) < 4.78 is 28.4. The Bertz CT molecular complexity index is 767. The second kappa shape index (κ2) is 4.90. The number of para-hydroxylation sites is 2. The van der Waals surface area contributed by atoms with Crippen LogP contribution in [0, 0.1) is 11.6 Å². The maximum absolute atomic E-state index is 13.8. The first-order chi connectivity index (χ1) is 9.69. The van der Waals surface area contributed by atoms with E-state index in [4.69, 9.17) is 5.84 Å². The second-order valence-corrected chi connectivity index (χ2v) is 4.39. The van der Waals surface area contributed by atoms with Gasteiger partial charge in [0.2, 0.25) is 5.95 Å². The van der Waals surface area contributed by atoms with E-state index >= 15 is 0 Å². The Hall–Kier alpha value is -2.47. The van der Waals surface area contributed by atoms with Crippen LogP contribution in [0.2, 0.25) is 0 Å². The first kappa shape index (κ1) is 12.6. The van der Waals surface area contributed by atoms with Crippen molar-refractivity contribution in [2.75, 3.05) is 5.43 Å². The van der Waals surface area contributed by atoms with Gasteiger partial charge >= 0.3 is 0 Å². The highest BCUT2D eigenvalue weighted by atomic mass is 19.1. The minimum atomic E-state index is -0.598. The van der Waals surface area contributed by atoms with E-state index in [1.165, 1.54) is 12.1 Å². The molecule has 3 N–H and O–H groups in total. The summed E-state index contributed by atoms with van der Waals surface area (Å²) in [7, 11) is 0. The molecule has 6 heteroatoms. The van der Waals surface area contributed by atoms with Crippen LogP contribution in [0.4, 0.5) is 14.7 Å². The molecule has 3 rings (SSSR count). The number of nitrogens with two attached hydrogens (primary N) is 1. The number of aromatic nitrogens is 2. The number of anilines is 1. The molecule has 0 saturated carbocycles. The standard InChI is InChI=1S/C14H12F2N4/c15-10-6-5-9(11(16)7-10)8-20-13-4-2-1-3-12(13)18-14(20)19-17/h1-7H,8,17H2,(H,18,19). The van der Waals surface area contributed by atoms with Crippen molar-refractivity contribution in [1.82, 2.24) is 9.55 Å². The fourth-order valence-corrected chi connectivity index (χ4v) is 2.17. The lowest BCUT2D eigenvalue weighted by molar-refractivity contribution is 0.568. The van der Waals surface area contributed by atoms with Gasteiger partial charge < -0.3 is 4.57 Å². The van der Waals surface area contributed by atoms with E-state index in [9.17, 15) is 8.78 Å². The average Bonchev–Trinajstić information content (AvgIpc) is 2.80. The SMILES string of the molecule is NNc1nc2ccccc2n1Cc1ccc(F)cc1F. The molecule has 0 aliphatic rings. The molecule has 0 spiro atoms. The van der Waals surface area contributed by atoms with Crippen LogP contribution in [-0.2, 0) is 6.54 Å². The second-order valence-electron chi connectivity index (χ2n) is 4.39. The van der Waals surface area contributed by atoms with Gasteiger partial charge in [-0.15, -0.1) is 0 Å². The number of hydrazine groups is 1. The number of hydrogen-bond acceptors (Lipinski definition) is 3. The molecule has 3 aromatic rings. The highest BCUT2D eigenvalue weighted by Crippen LogP contribution is 2.21. The van der Waals surface area contributed by atoms with Crippen LogP contribution in [0.25, 0.3) is 11.0 Å². The lowest BCUT2D eigenvalue weighted by atomic mass is 10.2. The van der Waals surface area contributed by atoms with Gasteiger partial charge in [0.05, 0.1) is 17.6 Å². The molecule has 0 radical (unpaired) electrons. The predicted octanol–water partition coefficient (Wildman–Crippen LogP) is 2.65. The Morgan fingerprint density at radius 2 is 1.95 bits per heavy atom. The third kappa shape index (κ3) is 2.10. The molecule has 0 aliphatic carbocycles. The third-order valence-electron chi connectivity index (χ3n) is 3.13. The van der Waals surface area contributed by atoms with Crippen LogP contribution < -0.4 is 11.3 Å². The minimum absolute atomic E-state index is 0.214. The Morgan fingerprint density at radius 1 is 1.15 bits per heavy atom. The van der Waals surface area contributed by atoms with Gasteiger partial charge in [0.25, 0.3) is 0 Å². The van der Waals surface area contributed by atoms with Crippen molar-refractivity contribution in [3.8, 4) is 0 Å². The van der Waals surface area contributed by atoms with Gasteiger partial charge in [0, 0.05) is 11.6 Å². The zero-order valence-electron chi connectivity index (χ0n) is 10.5. The molecule has 1 aromatic heterocycles. The molecule has 1 heterocycles. The van der Waals surface area contributed by atoms with Gasteiger partial charge in [-0.05, 0) is 18.2 Å². The molecule has 0 unspecified atom stereocenters. The quantitative estimate of drug-likeness (QED) is 0.570. The van der Waals surface area contributed by atoms with Crippen LogP contribution in [0.15, 0.2) is 42.5 Å². The molecular formula is C14H12F2N4. The number of rotatable bonds is 3. The van der Waals surface area contributed by atoms with Crippen LogP contribution in [0.1, 0.15) is 5.56 Å². The van der Waals surface area contributed by atoms with Gasteiger partial charge in [0.1, 0.15) is 11.6 Å². The van der Waals surface area contributed by atoms with Crippen molar-refractivity contribution < 1.29 is 8.78 Å². The van der Waals surface area contributed by atoms with E-state index in [1.807, 2.05) is 24.3 Å². The van der Waals surface area contributed by atoms with Crippen LogP contribution in [0.5, 0.6) is 0 Å². The van der Waals surface area contributed by atoms with E-state index in [0.717, 1.165) is 17.1 Å². The Labute approximate surface area is 113 Å². The van der Waals surface area contributed by atoms with Crippen LogP contribution in [-0.4, -0.2) is 9.55 Å². The predicted molar refractivity (Wildman–Crippen MR) is 73.0 cm³/mol. The van der Waals surface area contributed by atoms with E-state index in [-0.39, 0.29) is 6.54 Å². The summed E-state index contributed by atoms with van der Waals surface area (Å²) in [5.74, 6) is 4.68. The lowest BCUT2D eigenvalue weighted by Gasteiger charge is -2.09. The number of nitrogens with zero attached hydrogens (tertiary/aromatic N) is 2. The summed E-state index contributed by atoms with van der Waals surface area (Å²) in [5.41, 5.74) is 4.43. The molecule has 4 nitrogen and oxygen atoms in total. The monoisotopic (exact) mass is 274 g/mol.